The van der Waals surface area contributed by atoms with Crippen molar-refractivity contribution in [2.45, 2.75) is 58.3 Å². The monoisotopic (exact) mass is 326 g/mol. The van der Waals surface area contributed by atoms with Crippen LogP contribution in [0.2, 0.25) is 0 Å². The normalized spacial score (nSPS) is 26.4. The molecule has 1 saturated heterocycles. The average molecular weight is 327 g/mol. The summed E-state index contributed by atoms with van der Waals surface area (Å²) < 4.78 is 7.13. The van der Waals surface area contributed by atoms with Crippen molar-refractivity contribution in [3.05, 3.63) is 33.8 Å². The van der Waals surface area contributed by atoms with Crippen molar-refractivity contribution in [2.75, 3.05) is 0 Å². The quantitative estimate of drug-likeness (QED) is 0.873. The van der Waals surface area contributed by atoms with Crippen molar-refractivity contribution < 1.29 is 9.84 Å². The third-order valence-corrected chi connectivity index (χ3v) is 5.01. The molecule has 0 aromatic heterocycles. The Morgan fingerprint density at radius 2 is 1.95 bits per heavy atom. The van der Waals surface area contributed by atoms with Crippen molar-refractivity contribution in [3.8, 4) is 0 Å². The molecule has 106 valence electrons. The minimum Gasteiger partial charge on any atom is -0.388 e. The van der Waals surface area contributed by atoms with E-state index in [1.165, 1.54) is 0 Å². The molecule has 0 spiro atoms. The second kappa shape index (κ2) is 4.87. The first kappa shape index (κ1) is 15.0. The van der Waals surface area contributed by atoms with Crippen LogP contribution in [0.25, 0.3) is 0 Å². The SMILES string of the molecule is Cc1c(Br)cccc1C(O)C1CC(C)(C)OC1(C)C. The van der Waals surface area contributed by atoms with Gasteiger partial charge in [-0.25, -0.2) is 0 Å². The molecule has 0 amide bonds. The predicted molar refractivity (Wildman–Crippen MR) is 81.2 cm³/mol. The van der Waals surface area contributed by atoms with E-state index in [9.17, 15) is 5.11 Å². The van der Waals surface area contributed by atoms with Crippen molar-refractivity contribution >= 4 is 15.9 Å². The number of hydrogen-bond acceptors (Lipinski definition) is 2. The third kappa shape index (κ3) is 2.88. The molecule has 19 heavy (non-hydrogen) atoms. The number of benzene rings is 1. The van der Waals surface area contributed by atoms with Gasteiger partial charge in [-0.1, -0.05) is 28.1 Å². The van der Waals surface area contributed by atoms with E-state index in [2.05, 4.69) is 43.6 Å². The van der Waals surface area contributed by atoms with Crippen LogP contribution < -0.4 is 0 Å². The van der Waals surface area contributed by atoms with Gasteiger partial charge in [0.1, 0.15) is 0 Å². The third-order valence-electron chi connectivity index (χ3n) is 4.15. The standard InChI is InChI=1S/C16H23BrO2/c1-10-11(7-6-8-13(10)17)14(18)12-9-15(2,3)19-16(12,4)5/h6-8,12,14,18H,9H2,1-5H3. The lowest BCUT2D eigenvalue weighted by Crippen LogP contribution is -2.32. The summed E-state index contributed by atoms with van der Waals surface area (Å²) in [6.07, 6.45) is 0.377. The van der Waals surface area contributed by atoms with Gasteiger partial charge in [0.15, 0.2) is 0 Å². The summed E-state index contributed by atoms with van der Waals surface area (Å²) in [5.74, 6) is 0.107. The highest BCUT2D eigenvalue weighted by Crippen LogP contribution is 2.48. The van der Waals surface area contributed by atoms with Crippen LogP contribution in [-0.4, -0.2) is 16.3 Å². The summed E-state index contributed by atoms with van der Waals surface area (Å²) in [4.78, 5) is 0. The molecule has 1 fully saturated rings. The molecule has 1 aliphatic heterocycles. The molecule has 2 atom stereocenters. The molecule has 0 aliphatic carbocycles. The fourth-order valence-electron chi connectivity index (χ4n) is 3.26. The fourth-order valence-corrected chi connectivity index (χ4v) is 3.64. The Hall–Kier alpha value is -0.380. The fraction of sp³-hybridized carbons (Fsp3) is 0.625. The lowest BCUT2D eigenvalue weighted by molar-refractivity contribution is -0.0880. The van der Waals surface area contributed by atoms with Crippen LogP contribution in [0, 0.1) is 12.8 Å². The summed E-state index contributed by atoms with van der Waals surface area (Å²) in [5.41, 5.74) is 1.62. The summed E-state index contributed by atoms with van der Waals surface area (Å²) in [6.45, 7) is 10.4. The maximum Gasteiger partial charge on any atom is 0.0849 e. The van der Waals surface area contributed by atoms with E-state index in [-0.39, 0.29) is 17.1 Å². The van der Waals surface area contributed by atoms with Gasteiger partial charge in [-0.2, -0.15) is 0 Å². The summed E-state index contributed by atoms with van der Waals surface area (Å²) in [6, 6.07) is 5.99. The van der Waals surface area contributed by atoms with E-state index >= 15 is 0 Å². The topological polar surface area (TPSA) is 29.5 Å². The van der Waals surface area contributed by atoms with Gasteiger partial charge in [0.25, 0.3) is 0 Å². The highest BCUT2D eigenvalue weighted by Gasteiger charge is 2.49. The van der Waals surface area contributed by atoms with Gasteiger partial charge in [-0.05, 0) is 58.2 Å². The first-order valence-electron chi connectivity index (χ1n) is 6.77. The highest BCUT2D eigenvalue weighted by molar-refractivity contribution is 9.10. The summed E-state index contributed by atoms with van der Waals surface area (Å²) in [5, 5.41) is 10.8. The van der Waals surface area contributed by atoms with E-state index in [0.29, 0.717) is 0 Å². The van der Waals surface area contributed by atoms with Crippen LogP contribution in [0.3, 0.4) is 0 Å². The molecule has 1 aromatic rings. The smallest absolute Gasteiger partial charge is 0.0849 e. The first-order chi connectivity index (χ1) is 8.64. The predicted octanol–water partition coefficient (Wildman–Crippen LogP) is 4.38. The van der Waals surface area contributed by atoms with Crippen LogP contribution >= 0.6 is 15.9 Å². The molecule has 1 N–H and O–H groups in total. The van der Waals surface area contributed by atoms with Crippen molar-refractivity contribution in [1.82, 2.24) is 0 Å². The lowest BCUT2D eigenvalue weighted by Gasteiger charge is -2.31. The van der Waals surface area contributed by atoms with Crippen molar-refractivity contribution in [3.63, 3.8) is 0 Å². The van der Waals surface area contributed by atoms with Crippen LogP contribution in [0.4, 0.5) is 0 Å². The Kier molecular flexibility index (Phi) is 3.85. The Morgan fingerprint density at radius 3 is 2.47 bits per heavy atom. The van der Waals surface area contributed by atoms with Crippen LogP contribution in [-0.2, 0) is 4.74 Å². The van der Waals surface area contributed by atoms with Gasteiger partial charge in [-0.15, -0.1) is 0 Å². The van der Waals surface area contributed by atoms with Gasteiger partial charge in [-0.3, -0.25) is 0 Å². The molecule has 1 aromatic carbocycles. The molecular formula is C16H23BrO2. The molecule has 1 aliphatic rings. The lowest BCUT2D eigenvalue weighted by atomic mass is 9.79. The van der Waals surface area contributed by atoms with Gasteiger partial charge in [0.05, 0.1) is 17.3 Å². The van der Waals surface area contributed by atoms with E-state index in [0.717, 1.165) is 22.0 Å². The van der Waals surface area contributed by atoms with E-state index in [1.807, 2.05) is 25.1 Å². The molecule has 2 nitrogen and oxygen atoms in total. The zero-order chi connectivity index (χ0) is 14.4. The number of ether oxygens (including phenoxy) is 1. The second-order valence-electron chi connectivity index (χ2n) is 6.67. The Morgan fingerprint density at radius 1 is 1.32 bits per heavy atom. The Labute approximate surface area is 124 Å². The van der Waals surface area contributed by atoms with E-state index in [1.54, 1.807) is 0 Å². The second-order valence-corrected chi connectivity index (χ2v) is 7.53. The van der Waals surface area contributed by atoms with Gasteiger partial charge in [0, 0.05) is 10.4 Å². The molecule has 2 rings (SSSR count). The molecule has 1 heterocycles. The number of rotatable bonds is 2. The summed E-state index contributed by atoms with van der Waals surface area (Å²) >= 11 is 3.53. The number of hydrogen-bond donors (Lipinski definition) is 1. The van der Waals surface area contributed by atoms with Gasteiger partial charge < -0.3 is 9.84 Å². The number of halogens is 1. The Balaban J connectivity index is 2.34. The number of aliphatic hydroxyl groups excluding tert-OH is 1. The molecular weight excluding hydrogens is 304 g/mol. The zero-order valence-corrected chi connectivity index (χ0v) is 13.9. The minimum atomic E-state index is -0.491. The molecule has 0 radical (unpaired) electrons. The molecule has 3 heteroatoms. The van der Waals surface area contributed by atoms with Crippen LogP contribution in [0.1, 0.15) is 51.3 Å². The largest absolute Gasteiger partial charge is 0.388 e. The first-order valence-corrected chi connectivity index (χ1v) is 7.56. The van der Waals surface area contributed by atoms with Crippen molar-refractivity contribution in [2.24, 2.45) is 5.92 Å². The van der Waals surface area contributed by atoms with Crippen LogP contribution in [0.5, 0.6) is 0 Å². The minimum absolute atomic E-state index is 0.107. The van der Waals surface area contributed by atoms with E-state index in [4.69, 9.17) is 4.74 Å². The van der Waals surface area contributed by atoms with Gasteiger partial charge >= 0.3 is 0 Å². The summed E-state index contributed by atoms with van der Waals surface area (Å²) in [7, 11) is 0. The number of aliphatic hydroxyl groups is 1. The molecule has 0 bridgehead atoms. The molecule has 2 unspecified atom stereocenters. The maximum atomic E-state index is 10.8. The highest BCUT2D eigenvalue weighted by atomic mass is 79.9. The maximum absolute atomic E-state index is 10.8. The van der Waals surface area contributed by atoms with Crippen molar-refractivity contribution in [1.29, 1.82) is 0 Å². The Bertz CT molecular complexity index is 480. The zero-order valence-electron chi connectivity index (χ0n) is 12.3. The van der Waals surface area contributed by atoms with E-state index < -0.39 is 6.10 Å². The molecule has 0 saturated carbocycles. The van der Waals surface area contributed by atoms with Crippen LogP contribution in [0.15, 0.2) is 22.7 Å². The average Bonchev–Trinajstić information content (AvgIpc) is 2.50. The van der Waals surface area contributed by atoms with Gasteiger partial charge in [0.2, 0.25) is 0 Å².